The molecule has 0 atom stereocenters. The lowest BCUT2D eigenvalue weighted by molar-refractivity contribution is 0.0787. The summed E-state index contributed by atoms with van der Waals surface area (Å²) >= 11 is 1.34. The quantitative estimate of drug-likeness (QED) is 0.629. The minimum Gasteiger partial charge on any atom is -0.356 e. The summed E-state index contributed by atoms with van der Waals surface area (Å²) in [6, 6.07) is 2.03. The lowest BCUT2D eigenvalue weighted by Gasteiger charge is -2.13. The van der Waals surface area contributed by atoms with Crippen molar-refractivity contribution in [3.63, 3.8) is 0 Å². The molecule has 1 amide bonds. The van der Waals surface area contributed by atoms with Gasteiger partial charge in [-0.15, -0.1) is 5.10 Å². The van der Waals surface area contributed by atoms with Gasteiger partial charge < -0.3 is 9.88 Å². The summed E-state index contributed by atoms with van der Waals surface area (Å²) in [5.41, 5.74) is 1.00. The summed E-state index contributed by atoms with van der Waals surface area (Å²) in [5, 5.41) is 12.3. The Morgan fingerprint density at radius 1 is 1.29 bits per heavy atom. The fraction of sp³-hybridized carbons (Fsp3) is 0.533. The molecule has 3 heterocycles. The maximum absolute atomic E-state index is 12.4. The second-order valence-corrected chi connectivity index (χ2v) is 7.09. The first-order chi connectivity index (χ1) is 11.7. The van der Waals surface area contributed by atoms with Crippen LogP contribution < -0.4 is 0 Å². The molecule has 1 saturated carbocycles. The van der Waals surface area contributed by atoms with Crippen LogP contribution in [0.4, 0.5) is 0 Å². The van der Waals surface area contributed by atoms with Crippen LogP contribution in [-0.2, 0) is 0 Å². The summed E-state index contributed by atoms with van der Waals surface area (Å²) < 4.78 is 1.79. The fourth-order valence-corrected chi connectivity index (χ4v) is 3.65. The van der Waals surface area contributed by atoms with Gasteiger partial charge in [-0.05, 0) is 42.2 Å². The average molecular weight is 346 g/mol. The Kier molecular flexibility index (Phi) is 4.09. The van der Waals surface area contributed by atoms with E-state index in [4.69, 9.17) is 0 Å². The number of likely N-dealkylation sites (tertiary alicyclic amines) is 1. The van der Waals surface area contributed by atoms with Crippen LogP contribution in [0.3, 0.4) is 0 Å². The number of hydrogen-bond donors (Lipinski definition) is 1. The molecule has 1 aliphatic heterocycles. The van der Waals surface area contributed by atoms with Crippen molar-refractivity contribution in [3.05, 3.63) is 23.5 Å². The highest BCUT2D eigenvalue weighted by Gasteiger charge is 2.28. The van der Waals surface area contributed by atoms with Gasteiger partial charge in [0.05, 0.1) is 11.8 Å². The smallest absolute Gasteiger partial charge is 0.270 e. The van der Waals surface area contributed by atoms with Crippen molar-refractivity contribution in [2.24, 2.45) is 0 Å². The summed E-state index contributed by atoms with van der Waals surface area (Å²) in [6.07, 6.45) is 5.88. The molecular formula is C15H18N6O2S. The molecule has 126 valence electrons. The topological polar surface area (TPSA) is 96.8 Å². The van der Waals surface area contributed by atoms with Crippen LogP contribution >= 0.6 is 11.8 Å². The molecule has 2 fully saturated rings. The summed E-state index contributed by atoms with van der Waals surface area (Å²) in [5.74, 6) is 0.182. The minimum atomic E-state index is -0.0398. The van der Waals surface area contributed by atoms with Crippen LogP contribution in [0, 0.1) is 0 Å². The monoisotopic (exact) mass is 346 g/mol. The van der Waals surface area contributed by atoms with Crippen LogP contribution in [0.1, 0.15) is 52.6 Å². The zero-order valence-corrected chi connectivity index (χ0v) is 14.0. The second-order valence-electron chi connectivity index (χ2n) is 6.15. The van der Waals surface area contributed by atoms with Gasteiger partial charge in [0.2, 0.25) is 5.16 Å². The van der Waals surface area contributed by atoms with Crippen molar-refractivity contribution in [1.29, 1.82) is 0 Å². The molecule has 1 N–H and O–H groups in total. The first kappa shape index (κ1) is 15.4. The highest BCUT2D eigenvalue weighted by atomic mass is 32.2. The highest BCUT2D eigenvalue weighted by Crippen LogP contribution is 2.36. The van der Waals surface area contributed by atoms with Gasteiger partial charge in [0, 0.05) is 24.8 Å². The van der Waals surface area contributed by atoms with Gasteiger partial charge in [0.15, 0.2) is 5.78 Å². The molecule has 8 nitrogen and oxygen atoms in total. The molecule has 2 aromatic heterocycles. The van der Waals surface area contributed by atoms with Crippen LogP contribution in [0.2, 0.25) is 0 Å². The second kappa shape index (κ2) is 6.39. The van der Waals surface area contributed by atoms with E-state index in [-0.39, 0.29) is 17.4 Å². The molecule has 24 heavy (non-hydrogen) atoms. The molecule has 2 aliphatic rings. The number of carbonyl (C=O) groups excluding carboxylic acids is 2. The third-order valence-corrected chi connectivity index (χ3v) is 5.25. The van der Waals surface area contributed by atoms with E-state index in [1.54, 1.807) is 16.9 Å². The third-order valence-electron chi connectivity index (χ3n) is 4.32. The number of amides is 1. The van der Waals surface area contributed by atoms with E-state index in [2.05, 4.69) is 20.5 Å². The van der Waals surface area contributed by atoms with Crippen molar-refractivity contribution in [2.45, 2.75) is 36.9 Å². The highest BCUT2D eigenvalue weighted by molar-refractivity contribution is 7.99. The van der Waals surface area contributed by atoms with Crippen LogP contribution in [0.5, 0.6) is 0 Å². The molecule has 1 aliphatic carbocycles. The van der Waals surface area contributed by atoms with E-state index >= 15 is 0 Å². The normalized spacial score (nSPS) is 17.4. The maximum atomic E-state index is 12.4. The lowest BCUT2D eigenvalue weighted by atomic mass is 10.2. The first-order valence-corrected chi connectivity index (χ1v) is 9.12. The number of carbonyl (C=O) groups is 2. The van der Waals surface area contributed by atoms with Gasteiger partial charge in [0.1, 0.15) is 5.69 Å². The Balaban J connectivity index is 1.38. The zero-order valence-electron chi connectivity index (χ0n) is 13.1. The predicted octanol–water partition coefficient (Wildman–Crippen LogP) is 1.55. The molecule has 4 rings (SSSR count). The standard InChI is InChI=1S/C15H18N6O2S/c22-13(9-24-15-17-18-19-21(15)11-3-4-11)10-7-12(16-8-10)14(23)20-5-1-2-6-20/h7-8,11,16H,1-6,9H2. The van der Waals surface area contributed by atoms with Gasteiger partial charge in [0.25, 0.3) is 5.91 Å². The zero-order chi connectivity index (χ0) is 16.5. The molecule has 0 spiro atoms. The van der Waals surface area contributed by atoms with E-state index < -0.39 is 0 Å². The average Bonchev–Trinajstić information content (AvgIpc) is 3.07. The minimum absolute atomic E-state index is 0.0307. The maximum Gasteiger partial charge on any atom is 0.270 e. The van der Waals surface area contributed by atoms with Crippen LogP contribution in [-0.4, -0.2) is 60.6 Å². The molecule has 2 aromatic rings. The number of hydrogen-bond acceptors (Lipinski definition) is 6. The molecular weight excluding hydrogens is 328 g/mol. The van der Waals surface area contributed by atoms with E-state index in [0.29, 0.717) is 22.5 Å². The largest absolute Gasteiger partial charge is 0.356 e. The van der Waals surface area contributed by atoms with E-state index in [0.717, 1.165) is 38.8 Å². The number of Topliss-reactive ketones (excluding diaryl/α,β-unsaturated/α-hetero) is 1. The summed E-state index contributed by atoms with van der Waals surface area (Å²) in [7, 11) is 0. The predicted molar refractivity (Wildman–Crippen MR) is 87.1 cm³/mol. The van der Waals surface area contributed by atoms with E-state index in [1.807, 2.05) is 4.90 Å². The number of aromatic amines is 1. The third kappa shape index (κ3) is 3.08. The van der Waals surface area contributed by atoms with Gasteiger partial charge in [-0.3, -0.25) is 9.59 Å². The number of H-pyrrole nitrogens is 1. The number of aromatic nitrogens is 5. The van der Waals surface area contributed by atoms with Crippen LogP contribution in [0.25, 0.3) is 0 Å². The number of tetrazole rings is 1. The van der Waals surface area contributed by atoms with Gasteiger partial charge in [-0.1, -0.05) is 11.8 Å². The summed E-state index contributed by atoms with van der Waals surface area (Å²) in [4.78, 5) is 29.4. The van der Waals surface area contributed by atoms with Crippen molar-refractivity contribution < 1.29 is 9.59 Å². The Bertz CT molecular complexity index is 760. The Labute approximate surface area is 143 Å². The molecule has 0 unspecified atom stereocenters. The number of nitrogens with one attached hydrogen (secondary N) is 1. The van der Waals surface area contributed by atoms with Crippen LogP contribution in [0.15, 0.2) is 17.4 Å². The van der Waals surface area contributed by atoms with Gasteiger partial charge >= 0.3 is 0 Å². The molecule has 1 saturated heterocycles. The van der Waals surface area contributed by atoms with Gasteiger partial charge in [-0.2, -0.15) is 0 Å². The SMILES string of the molecule is O=C(CSc1nnnn1C1CC1)c1c[nH]c(C(=O)N2CCCC2)c1. The van der Waals surface area contributed by atoms with E-state index in [9.17, 15) is 9.59 Å². The lowest BCUT2D eigenvalue weighted by Crippen LogP contribution is -2.27. The Morgan fingerprint density at radius 2 is 2.08 bits per heavy atom. The summed E-state index contributed by atoms with van der Waals surface area (Å²) in [6.45, 7) is 1.58. The van der Waals surface area contributed by atoms with Crippen molar-refractivity contribution in [1.82, 2.24) is 30.1 Å². The van der Waals surface area contributed by atoms with Gasteiger partial charge in [-0.25, -0.2) is 4.68 Å². The molecule has 0 bridgehead atoms. The van der Waals surface area contributed by atoms with Crippen molar-refractivity contribution in [2.75, 3.05) is 18.8 Å². The first-order valence-electron chi connectivity index (χ1n) is 8.14. The fourth-order valence-electron chi connectivity index (χ4n) is 2.81. The number of nitrogens with zero attached hydrogens (tertiary/aromatic N) is 5. The van der Waals surface area contributed by atoms with E-state index in [1.165, 1.54) is 11.8 Å². The molecule has 0 aromatic carbocycles. The Hall–Kier alpha value is -2.16. The number of ketones is 1. The number of rotatable bonds is 6. The molecule has 9 heteroatoms. The Morgan fingerprint density at radius 3 is 2.83 bits per heavy atom. The number of thioether (sulfide) groups is 1. The van der Waals surface area contributed by atoms with Crippen molar-refractivity contribution in [3.8, 4) is 0 Å². The van der Waals surface area contributed by atoms with Crippen molar-refractivity contribution >= 4 is 23.5 Å². The molecule has 0 radical (unpaired) electrons.